The van der Waals surface area contributed by atoms with Crippen molar-refractivity contribution >= 4 is 40.2 Å². The molecule has 0 saturated carbocycles. The van der Waals surface area contributed by atoms with Gasteiger partial charge in [-0.1, -0.05) is 35.9 Å². The summed E-state index contributed by atoms with van der Waals surface area (Å²) in [5, 5.41) is 13.4. The highest BCUT2D eigenvalue weighted by molar-refractivity contribution is 6.32. The number of nitrogens with zero attached hydrogens (tertiary/aromatic N) is 2. The number of fused-ring (bicyclic) bond motifs is 1. The SMILES string of the molecule is N#C/C(=C\c1ccccc1Cl)C(=O)Nc1cccc2ncccc12. The van der Waals surface area contributed by atoms with Crippen LogP contribution < -0.4 is 5.32 Å². The van der Waals surface area contributed by atoms with E-state index in [1.807, 2.05) is 18.2 Å². The van der Waals surface area contributed by atoms with Gasteiger partial charge in [-0.3, -0.25) is 9.78 Å². The first kappa shape index (κ1) is 15.7. The Morgan fingerprint density at radius 2 is 1.96 bits per heavy atom. The number of benzene rings is 2. The Labute approximate surface area is 144 Å². The first-order valence-corrected chi connectivity index (χ1v) is 7.58. The molecule has 0 atom stereocenters. The zero-order valence-corrected chi connectivity index (χ0v) is 13.3. The predicted octanol–water partition coefficient (Wildman–Crippen LogP) is 4.43. The van der Waals surface area contributed by atoms with E-state index in [9.17, 15) is 10.1 Å². The van der Waals surface area contributed by atoms with E-state index >= 15 is 0 Å². The largest absolute Gasteiger partial charge is 0.321 e. The molecular weight excluding hydrogens is 322 g/mol. The topological polar surface area (TPSA) is 65.8 Å². The van der Waals surface area contributed by atoms with Crippen LogP contribution in [0.15, 0.2) is 66.4 Å². The summed E-state index contributed by atoms with van der Waals surface area (Å²) in [4.78, 5) is 16.7. The van der Waals surface area contributed by atoms with Gasteiger partial charge in [0.15, 0.2) is 0 Å². The molecule has 0 aliphatic carbocycles. The van der Waals surface area contributed by atoms with Gasteiger partial charge in [0, 0.05) is 16.6 Å². The highest BCUT2D eigenvalue weighted by Crippen LogP contribution is 2.23. The molecule has 0 spiro atoms. The first-order valence-electron chi connectivity index (χ1n) is 7.20. The molecule has 0 aliphatic rings. The molecule has 1 amide bonds. The number of aromatic nitrogens is 1. The Kier molecular flexibility index (Phi) is 4.55. The number of amides is 1. The molecule has 116 valence electrons. The Bertz CT molecular complexity index is 984. The second-order valence-electron chi connectivity index (χ2n) is 5.02. The van der Waals surface area contributed by atoms with Gasteiger partial charge >= 0.3 is 0 Å². The maximum atomic E-state index is 12.4. The summed E-state index contributed by atoms with van der Waals surface area (Å²) >= 11 is 6.07. The van der Waals surface area contributed by atoms with Crippen LogP contribution >= 0.6 is 11.6 Å². The summed E-state index contributed by atoms with van der Waals surface area (Å²) in [5.41, 5.74) is 1.96. The molecular formula is C19H12ClN3O. The van der Waals surface area contributed by atoms with Gasteiger partial charge in [0.1, 0.15) is 11.6 Å². The quantitative estimate of drug-likeness (QED) is 0.569. The number of anilines is 1. The molecule has 24 heavy (non-hydrogen) atoms. The van der Waals surface area contributed by atoms with Crippen LogP contribution in [-0.2, 0) is 4.79 Å². The number of carbonyl (C=O) groups is 1. The van der Waals surface area contributed by atoms with Gasteiger partial charge in [0.2, 0.25) is 0 Å². The van der Waals surface area contributed by atoms with Gasteiger partial charge in [-0.2, -0.15) is 5.26 Å². The van der Waals surface area contributed by atoms with Crippen LogP contribution in [0, 0.1) is 11.3 Å². The van der Waals surface area contributed by atoms with E-state index in [1.54, 1.807) is 48.7 Å². The molecule has 2 aromatic carbocycles. The maximum Gasteiger partial charge on any atom is 0.266 e. The Morgan fingerprint density at radius 3 is 2.75 bits per heavy atom. The number of pyridine rings is 1. The molecule has 1 heterocycles. The van der Waals surface area contributed by atoms with E-state index in [2.05, 4.69) is 10.3 Å². The zero-order chi connectivity index (χ0) is 16.9. The summed E-state index contributed by atoms with van der Waals surface area (Å²) in [5.74, 6) is -0.492. The van der Waals surface area contributed by atoms with Crippen molar-refractivity contribution in [2.45, 2.75) is 0 Å². The Morgan fingerprint density at radius 1 is 1.12 bits per heavy atom. The highest BCUT2D eigenvalue weighted by atomic mass is 35.5. The average Bonchev–Trinajstić information content (AvgIpc) is 2.61. The van der Waals surface area contributed by atoms with Crippen molar-refractivity contribution in [3.05, 3.63) is 77.0 Å². The van der Waals surface area contributed by atoms with Gasteiger partial charge in [0.25, 0.3) is 5.91 Å². The molecule has 5 heteroatoms. The molecule has 3 rings (SSSR count). The minimum Gasteiger partial charge on any atom is -0.321 e. The predicted molar refractivity (Wildman–Crippen MR) is 95.4 cm³/mol. The molecule has 1 N–H and O–H groups in total. The number of hydrogen-bond donors (Lipinski definition) is 1. The lowest BCUT2D eigenvalue weighted by atomic mass is 10.1. The van der Waals surface area contributed by atoms with Gasteiger partial charge in [0.05, 0.1) is 11.2 Å². The molecule has 0 aliphatic heterocycles. The lowest BCUT2D eigenvalue weighted by Crippen LogP contribution is -2.13. The third-order valence-electron chi connectivity index (χ3n) is 3.46. The van der Waals surface area contributed by atoms with E-state index in [4.69, 9.17) is 11.6 Å². The number of nitrogens with one attached hydrogen (secondary N) is 1. The van der Waals surface area contributed by atoms with Crippen LogP contribution in [0.4, 0.5) is 5.69 Å². The second kappa shape index (κ2) is 6.95. The van der Waals surface area contributed by atoms with Crippen molar-refractivity contribution in [3.8, 4) is 6.07 Å². The fourth-order valence-corrected chi connectivity index (χ4v) is 2.49. The lowest BCUT2D eigenvalue weighted by Gasteiger charge is -2.08. The monoisotopic (exact) mass is 333 g/mol. The first-order chi connectivity index (χ1) is 11.7. The minimum absolute atomic E-state index is 0.0241. The van der Waals surface area contributed by atoms with Crippen LogP contribution in [0.5, 0.6) is 0 Å². The van der Waals surface area contributed by atoms with Crippen molar-refractivity contribution in [3.63, 3.8) is 0 Å². The molecule has 0 fully saturated rings. The summed E-state index contributed by atoms with van der Waals surface area (Å²) in [6.07, 6.45) is 3.16. The minimum atomic E-state index is -0.492. The van der Waals surface area contributed by atoms with Crippen molar-refractivity contribution in [1.82, 2.24) is 4.98 Å². The van der Waals surface area contributed by atoms with Crippen LogP contribution in [0.25, 0.3) is 17.0 Å². The standard InChI is InChI=1S/C19H12ClN3O/c20-16-7-2-1-5-13(16)11-14(12-21)19(24)23-18-9-3-8-17-15(18)6-4-10-22-17/h1-11H,(H,23,24)/b14-11+. The number of hydrogen-bond acceptors (Lipinski definition) is 3. The van der Waals surface area contributed by atoms with Crippen molar-refractivity contribution in [2.75, 3.05) is 5.32 Å². The Hall–Kier alpha value is -3.16. The zero-order valence-electron chi connectivity index (χ0n) is 12.5. The van der Waals surface area contributed by atoms with E-state index in [1.165, 1.54) is 6.08 Å². The third kappa shape index (κ3) is 3.27. The maximum absolute atomic E-state index is 12.4. The van der Waals surface area contributed by atoms with Gasteiger partial charge in [-0.15, -0.1) is 0 Å². The molecule has 0 unspecified atom stereocenters. The lowest BCUT2D eigenvalue weighted by molar-refractivity contribution is -0.112. The summed E-state index contributed by atoms with van der Waals surface area (Å²) in [6, 6.07) is 18.0. The van der Waals surface area contributed by atoms with E-state index in [0.717, 1.165) is 10.9 Å². The van der Waals surface area contributed by atoms with Gasteiger partial charge < -0.3 is 5.32 Å². The summed E-state index contributed by atoms with van der Waals surface area (Å²) < 4.78 is 0. The smallest absolute Gasteiger partial charge is 0.266 e. The fourth-order valence-electron chi connectivity index (χ4n) is 2.30. The van der Waals surface area contributed by atoms with E-state index < -0.39 is 5.91 Å². The van der Waals surface area contributed by atoms with E-state index in [0.29, 0.717) is 16.3 Å². The molecule has 0 radical (unpaired) electrons. The van der Waals surface area contributed by atoms with Gasteiger partial charge in [-0.25, -0.2) is 0 Å². The van der Waals surface area contributed by atoms with Gasteiger partial charge in [-0.05, 0) is 42.0 Å². The van der Waals surface area contributed by atoms with Crippen molar-refractivity contribution in [2.24, 2.45) is 0 Å². The second-order valence-corrected chi connectivity index (χ2v) is 5.43. The van der Waals surface area contributed by atoms with Crippen molar-refractivity contribution < 1.29 is 4.79 Å². The number of nitriles is 1. The third-order valence-corrected chi connectivity index (χ3v) is 3.81. The molecule has 1 aromatic heterocycles. The summed E-state index contributed by atoms with van der Waals surface area (Å²) in [7, 11) is 0. The van der Waals surface area contributed by atoms with Crippen LogP contribution in [-0.4, -0.2) is 10.9 Å². The fraction of sp³-hybridized carbons (Fsp3) is 0. The number of halogens is 1. The highest BCUT2D eigenvalue weighted by Gasteiger charge is 2.12. The normalized spacial score (nSPS) is 11.1. The average molecular weight is 334 g/mol. The molecule has 0 saturated heterocycles. The Balaban J connectivity index is 1.93. The molecule has 4 nitrogen and oxygen atoms in total. The van der Waals surface area contributed by atoms with E-state index in [-0.39, 0.29) is 5.57 Å². The molecule has 3 aromatic rings. The number of carbonyl (C=O) groups excluding carboxylic acids is 1. The van der Waals surface area contributed by atoms with Crippen LogP contribution in [0.3, 0.4) is 0 Å². The number of rotatable bonds is 3. The van der Waals surface area contributed by atoms with Crippen LogP contribution in [0.1, 0.15) is 5.56 Å². The van der Waals surface area contributed by atoms with Crippen LogP contribution in [0.2, 0.25) is 5.02 Å². The van der Waals surface area contributed by atoms with Crippen molar-refractivity contribution in [1.29, 1.82) is 5.26 Å². The molecule has 0 bridgehead atoms. The summed E-state index contributed by atoms with van der Waals surface area (Å²) in [6.45, 7) is 0.